The summed E-state index contributed by atoms with van der Waals surface area (Å²) in [5.41, 5.74) is 4.72. The predicted octanol–water partition coefficient (Wildman–Crippen LogP) is 3.85. The van der Waals surface area contributed by atoms with E-state index in [9.17, 15) is 4.79 Å². The fourth-order valence-corrected chi connectivity index (χ4v) is 4.23. The number of hydrogen-bond acceptors (Lipinski definition) is 3. The molecule has 1 unspecified atom stereocenters. The lowest BCUT2D eigenvalue weighted by atomic mass is 9.97. The Bertz CT molecular complexity index is 812. The standard InChI is InChI=1S/C24H30N2O2/c1-18-10-13-26(14-11-18)17-21-8-3-2-7-20(21)16-25-24(27)23-22-9-5-4-6-19(22)12-15-28-23/h2-9,18,23H,10-17H2,1H3,(H,25,27). The van der Waals surface area contributed by atoms with Crippen molar-refractivity contribution in [3.8, 4) is 0 Å². The molecule has 2 aromatic rings. The molecular formula is C24H30N2O2. The van der Waals surface area contributed by atoms with Gasteiger partial charge in [0, 0.05) is 13.1 Å². The second kappa shape index (κ2) is 8.89. The Morgan fingerprint density at radius 3 is 2.61 bits per heavy atom. The third-order valence-corrected chi connectivity index (χ3v) is 6.07. The Labute approximate surface area is 167 Å². The SMILES string of the molecule is CC1CCN(Cc2ccccc2CNC(=O)C2OCCc3ccccc32)CC1. The van der Waals surface area contributed by atoms with Gasteiger partial charge in [0.25, 0.3) is 5.91 Å². The van der Waals surface area contributed by atoms with Gasteiger partial charge in [-0.1, -0.05) is 55.5 Å². The Morgan fingerprint density at radius 2 is 1.79 bits per heavy atom. The first-order chi connectivity index (χ1) is 13.7. The lowest BCUT2D eigenvalue weighted by molar-refractivity contribution is -0.134. The minimum absolute atomic E-state index is 0.0475. The predicted molar refractivity (Wildman–Crippen MR) is 111 cm³/mol. The molecule has 4 heteroatoms. The molecule has 0 bridgehead atoms. The van der Waals surface area contributed by atoms with Crippen LogP contribution < -0.4 is 5.32 Å². The van der Waals surface area contributed by atoms with Gasteiger partial charge in [-0.2, -0.15) is 0 Å². The van der Waals surface area contributed by atoms with Crippen molar-refractivity contribution >= 4 is 5.91 Å². The van der Waals surface area contributed by atoms with Crippen LogP contribution in [0, 0.1) is 5.92 Å². The normalized spacial score (nSPS) is 20.5. The molecule has 1 saturated heterocycles. The lowest BCUT2D eigenvalue weighted by Gasteiger charge is -2.30. The smallest absolute Gasteiger partial charge is 0.254 e. The summed E-state index contributed by atoms with van der Waals surface area (Å²) in [6.07, 6.45) is 2.92. The number of hydrogen-bond donors (Lipinski definition) is 1. The molecule has 2 aromatic carbocycles. The van der Waals surface area contributed by atoms with Crippen LogP contribution in [0.25, 0.3) is 0 Å². The number of benzene rings is 2. The monoisotopic (exact) mass is 378 g/mol. The number of likely N-dealkylation sites (tertiary alicyclic amines) is 1. The van der Waals surface area contributed by atoms with Crippen molar-refractivity contribution in [3.63, 3.8) is 0 Å². The van der Waals surface area contributed by atoms with Crippen molar-refractivity contribution in [3.05, 3.63) is 70.8 Å². The van der Waals surface area contributed by atoms with Crippen LogP contribution in [0.5, 0.6) is 0 Å². The van der Waals surface area contributed by atoms with E-state index >= 15 is 0 Å². The number of piperidine rings is 1. The molecule has 0 aromatic heterocycles. The Kier molecular flexibility index (Phi) is 6.08. The van der Waals surface area contributed by atoms with Crippen LogP contribution in [-0.2, 0) is 29.0 Å². The molecule has 0 spiro atoms. The lowest BCUT2D eigenvalue weighted by Crippen LogP contribution is -2.34. The Balaban J connectivity index is 1.39. The number of carbonyl (C=O) groups excluding carboxylic acids is 1. The van der Waals surface area contributed by atoms with Crippen molar-refractivity contribution in [2.24, 2.45) is 5.92 Å². The molecule has 0 radical (unpaired) electrons. The maximum Gasteiger partial charge on any atom is 0.254 e. The highest BCUT2D eigenvalue weighted by Gasteiger charge is 2.27. The van der Waals surface area contributed by atoms with Gasteiger partial charge in [0.15, 0.2) is 6.10 Å². The van der Waals surface area contributed by atoms with Gasteiger partial charge in [0.05, 0.1) is 6.61 Å². The molecule has 1 atom stereocenters. The molecule has 0 aliphatic carbocycles. The van der Waals surface area contributed by atoms with Gasteiger partial charge in [0.2, 0.25) is 0 Å². The number of amides is 1. The van der Waals surface area contributed by atoms with Crippen LogP contribution in [0.4, 0.5) is 0 Å². The molecule has 4 nitrogen and oxygen atoms in total. The van der Waals surface area contributed by atoms with Crippen molar-refractivity contribution in [2.75, 3.05) is 19.7 Å². The number of ether oxygens (including phenoxy) is 1. The van der Waals surface area contributed by atoms with Gasteiger partial charge < -0.3 is 10.1 Å². The van der Waals surface area contributed by atoms with Gasteiger partial charge in [-0.15, -0.1) is 0 Å². The second-order valence-corrected chi connectivity index (χ2v) is 8.14. The molecule has 1 N–H and O–H groups in total. The van der Waals surface area contributed by atoms with Crippen LogP contribution >= 0.6 is 0 Å². The average Bonchev–Trinajstić information content (AvgIpc) is 2.74. The fraction of sp³-hybridized carbons (Fsp3) is 0.458. The summed E-state index contributed by atoms with van der Waals surface area (Å²) in [5, 5.41) is 3.11. The number of rotatable bonds is 5. The van der Waals surface area contributed by atoms with Gasteiger partial charge in [-0.05, 0) is 60.5 Å². The van der Waals surface area contributed by atoms with E-state index in [1.165, 1.54) is 29.5 Å². The zero-order valence-electron chi connectivity index (χ0n) is 16.7. The number of fused-ring (bicyclic) bond motifs is 1. The van der Waals surface area contributed by atoms with Crippen molar-refractivity contribution in [1.29, 1.82) is 0 Å². The van der Waals surface area contributed by atoms with E-state index in [2.05, 4.69) is 47.5 Å². The first-order valence-corrected chi connectivity index (χ1v) is 10.5. The zero-order valence-corrected chi connectivity index (χ0v) is 16.7. The fourth-order valence-electron chi connectivity index (χ4n) is 4.23. The van der Waals surface area contributed by atoms with Crippen molar-refractivity contribution in [2.45, 2.75) is 45.4 Å². The molecule has 2 heterocycles. The van der Waals surface area contributed by atoms with Crippen LogP contribution in [0.2, 0.25) is 0 Å². The second-order valence-electron chi connectivity index (χ2n) is 8.14. The van der Waals surface area contributed by atoms with Gasteiger partial charge in [0.1, 0.15) is 0 Å². The van der Waals surface area contributed by atoms with Gasteiger partial charge in [-0.3, -0.25) is 9.69 Å². The average molecular weight is 379 g/mol. The summed E-state index contributed by atoms with van der Waals surface area (Å²) in [6, 6.07) is 16.5. The zero-order chi connectivity index (χ0) is 19.3. The van der Waals surface area contributed by atoms with E-state index in [4.69, 9.17) is 4.74 Å². The third-order valence-electron chi connectivity index (χ3n) is 6.07. The largest absolute Gasteiger partial charge is 0.363 e. The Hall–Kier alpha value is -2.17. The molecule has 28 heavy (non-hydrogen) atoms. The van der Waals surface area contributed by atoms with E-state index in [1.54, 1.807) is 0 Å². The molecule has 2 aliphatic heterocycles. The van der Waals surface area contributed by atoms with Gasteiger partial charge >= 0.3 is 0 Å². The van der Waals surface area contributed by atoms with Crippen LogP contribution in [-0.4, -0.2) is 30.5 Å². The van der Waals surface area contributed by atoms with Crippen LogP contribution in [0.1, 0.15) is 48.1 Å². The maximum absolute atomic E-state index is 12.8. The summed E-state index contributed by atoms with van der Waals surface area (Å²) >= 11 is 0. The first kappa shape index (κ1) is 19.2. The highest BCUT2D eigenvalue weighted by atomic mass is 16.5. The van der Waals surface area contributed by atoms with Crippen LogP contribution in [0.15, 0.2) is 48.5 Å². The van der Waals surface area contributed by atoms with E-state index < -0.39 is 6.10 Å². The van der Waals surface area contributed by atoms with Crippen LogP contribution in [0.3, 0.4) is 0 Å². The highest BCUT2D eigenvalue weighted by molar-refractivity contribution is 5.82. The van der Waals surface area contributed by atoms with Gasteiger partial charge in [-0.25, -0.2) is 0 Å². The Morgan fingerprint density at radius 1 is 1.07 bits per heavy atom. The minimum Gasteiger partial charge on any atom is -0.363 e. The molecule has 148 valence electrons. The minimum atomic E-state index is -0.499. The number of nitrogens with zero attached hydrogens (tertiary/aromatic N) is 1. The summed E-state index contributed by atoms with van der Waals surface area (Å²) < 4.78 is 5.80. The number of carbonyl (C=O) groups is 1. The van der Waals surface area contributed by atoms with E-state index in [1.807, 2.05) is 18.2 Å². The highest BCUT2D eigenvalue weighted by Crippen LogP contribution is 2.27. The van der Waals surface area contributed by atoms with Crippen molar-refractivity contribution < 1.29 is 9.53 Å². The summed E-state index contributed by atoms with van der Waals surface area (Å²) in [6.45, 7) is 6.76. The molecule has 1 fully saturated rings. The summed E-state index contributed by atoms with van der Waals surface area (Å²) in [4.78, 5) is 15.4. The molecule has 1 amide bonds. The third kappa shape index (κ3) is 4.45. The van der Waals surface area contributed by atoms with Crippen molar-refractivity contribution in [1.82, 2.24) is 10.2 Å². The molecule has 0 saturated carbocycles. The summed E-state index contributed by atoms with van der Waals surface area (Å²) in [7, 11) is 0. The van der Waals surface area contributed by atoms with E-state index in [0.717, 1.165) is 37.5 Å². The topological polar surface area (TPSA) is 41.6 Å². The quantitative estimate of drug-likeness (QED) is 0.859. The van der Waals surface area contributed by atoms with E-state index in [-0.39, 0.29) is 5.91 Å². The molecule has 2 aliphatic rings. The maximum atomic E-state index is 12.8. The molecule has 4 rings (SSSR count). The first-order valence-electron chi connectivity index (χ1n) is 10.5. The summed E-state index contributed by atoms with van der Waals surface area (Å²) in [5.74, 6) is 0.790. The number of nitrogens with one attached hydrogen (secondary N) is 1. The van der Waals surface area contributed by atoms with E-state index in [0.29, 0.717) is 13.2 Å². The molecular weight excluding hydrogens is 348 g/mol.